The second kappa shape index (κ2) is 8.65. The fourth-order valence-electron chi connectivity index (χ4n) is 4.27. The first kappa shape index (κ1) is 20.1. The maximum absolute atomic E-state index is 13.1. The van der Waals surface area contributed by atoms with Crippen molar-refractivity contribution >= 4 is 27.4 Å². The van der Waals surface area contributed by atoms with Gasteiger partial charge < -0.3 is 15.0 Å². The van der Waals surface area contributed by atoms with E-state index in [1.165, 1.54) is 17.5 Å². The standard InChI is InChI=1S/C20H29N3O3S2/c24-28(25,19-8-7-16-4-1-2-5-17(16)14-19)23-11-9-22(10-12-23)20(27)21-15-18-6-3-13-26-18/h7-8,14,18H,1-6,9-13,15H2,(H,21,27)/t18-/m0/s1. The van der Waals surface area contributed by atoms with E-state index in [1.54, 1.807) is 10.4 Å². The molecule has 1 N–H and O–H groups in total. The Morgan fingerprint density at radius 2 is 1.86 bits per heavy atom. The highest BCUT2D eigenvalue weighted by atomic mass is 32.2. The summed E-state index contributed by atoms with van der Waals surface area (Å²) in [6.45, 7) is 3.70. The van der Waals surface area contributed by atoms with Crippen molar-refractivity contribution in [3.63, 3.8) is 0 Å². The molecular formula is C20H29N3O3S2. The first-order chi connectivity index (χ1) is 13.5. The van der Waals surface area contributed by atoms with Crippen LogP contribution in [0.3, 0.4) is 0 Å². The number of piperazine rings is 1. The van der Waals surface area contributed by atoms with Gasteiger partial charge in [0.1, 0.15) is 0 Å². The fraction of sp³-hybridized carbons (Fsp3) is 0.650. The molecule has 1 aliphatic carbocycles. The van der Waals surface area contributed by atoms with Gasteiger partial charge in [-0.15, -0.1) is 0 Å². The van der Waals surface area contributed by atoms with Gasteiger partial charge in [-0.25, -0.2) is 8.42 Å². The molecule has 1 atom stereocenters. The number of nitrogens with zero attached hydrogens (tertiary/aromatic N) is 2. The van der Waals surface area contributed by atoms with Gasteiger partial charge in [0.25, 0.3) is 0 Å². The molecule has 2 heterocycles. The molecule has 0 radical (unpaired) electrons. The van der Waals surface area contributed by atoms with Gasteiger partial charge >= 0.3 is 0 Å². The van der Waals surface area contributed by atoms with Crippen LogP contribution in [0.4, 0.5) is 0 Å². The molecule has 28 heavy (non-hydrogen) atoms. The normalized spacial score (nSPS) is 23.4. The summed E-state index contributed by atoms with van der Waals surface area (Å²) in [6, 6.07) is 5.67. The predicted octanol–water partition coefficient (Wildman–Crippen LogP) is 1.93. The van der Waals surface area contributed by atoms with E-state index in [0.717, 1.165) is 45.3 Å². The SMILES string of the molecule is O=S(=O)(c1ccc2c(c1)CCCC2)N1CCN(C(=S)NC[C@@H]2CCCO2)CC1. The zero-order chi connectivity index (χ0) is 19.6. The summed E-state index contributed by atoms with van der Waals surface area (Å²) in [7, 11) is -3.45. The minimum absolute atomic E-state index is 0.239. The van der Waals surface area contributed by atoms with Crippen LogP contribution in [0.2, 0.25) is 0 Å². The predicted molar refractivity (Wildman–Crippen MR) is 113 cm³/mol. The Bertz CT molecular complexity index is 814. The number of aryl methyl sites for hydroxylation is 2. The van der Waals surface area contributed by atoms with Crippen molar-refractivity contribution in [2.45, 2.75) is 49.5 Å². The molecule has 3 aliphatic rings. The highest BCUT2D eigenvalue weighted by Crippen LogP contribution is 2.26. The number of benzene rings is 1. The summed E-state index contributed by atoms with van der Waals surface area (Å²) in [4.78, 5) is 2.49. The zero-order valence-electron chi connectivity index (χ0n) is 16.2. The maximum Gasteiger partial charge on any atom is 0.243 e. The molecule has 1 aromatic rings. The molecule has 2 fully saturated rings. The molecule has 0 amide bonds. The van der Waals surface area contributed by atoms with Crippen molar-refractivity contribution in [3.8, 4) is 0 Å². The van der Waals surface area contributed by atoms with Gasteiger partial charge in [0, 0.05) is 39.3 Å². The van der Waals surface area contributed by atoms with Crippen LogP contribution in [0.1, 0.15) is 36.8 Å². The maximum atomic E-state index is 13.1. The van der Waals surface area contributed by atoms with E-state index in [2.05, 4.69) is 10.2 Å². The summed E-state index contributed by atoms with van der Waals surface area (Å²) >= 11 is 5.49. The van der Waals surface area contributed by atoms with E-state index in [9.17, 15) is 8.42 Å². The van der Waals surface area contributed by atoms with Gasteiger partial charge in [-0.2, -0.15) is 4.31 Å². The summed E-state index contributed by atoms with van der Waals surface area (Å²) in [5, 5.41) is 3.97. The monoisotopic (exact) mass is 423 g/mol. The Balaban J connectivity index is 1.34. The Morgan fingerprint density at radius 3 is 2.57 bits per heavy atom. The molecule has 4 rings (SSSR count). The number of thiocarbonyl (C=S) groups is 1. The topological polar surface area (TPSA) is 61.9 Å². The minimum Gasteiger partial charge on any atom is -0.376 e. The summed E-state index contributed by atoms with van der Waals surface area (Å²) in [5.41, 5.74) is 2.50. The number of hydrogen-bond acceptors (Lipinski definition) is 4. The van der Waals surface area contributed by atoms with Gasteiger partial charge in [-0.1, -0.05) is 6.07 Å². The summed E-state index contributed by atoms with van der Waals surface area (Å²) < 4.78 is 33.4. The highest BCUT2D eigenvalue weighted by molar-refractivity contribution is 7.89. The van der Waals surface area contributed by atoms with E-state index in [4.69, 9.17) is 17.0 Å². The van der Waals surface area contributed by atoms with E-state index in [0.29, 0.717) is 36.2 Å². The molecule has 1 aromatic carbocycles. The lowest BCUT2D eigenvalue weighted by molar-refractivity contribution is 0.113. The third-order valence-corrected chi connectivity index (χ3v) is 8.29. The van der Waals surface area contributed by atoms with Crippen LogP contribution in [0.25, 0.3) is 0 Å². The van der Waals surface area contributed by atoms with Crippen LogP contribution in [0.15, 0.2) is 23.1 Å². The molecule has 2 saturated heterocycles. The van der Waals surface area contributed by atoms with Crippen molar-refractivity contribution in [2.75, 3.05) is 39.3 Å². The Hall–Kier alpha value is -1.22. The second-order valence-electron chi connectivity index (χ2n) is 7.85. The van der Waals surface area contributed by atoms with Crippen molar-refractivity contribution in [3.05, 3.63) is 29.3 Å². The lowest BCUT2D eigenvalue weighted by Gasteiger charge is -2.35. The number of hydrogen-bond donors (Lipinski definition) is 1. The minimum atomic E-state index is -3.45. The lowest BCUT2D eigenvalue weighted by Crippen LogP contribution is -2.53. The third kappa shape index (κ3) is 4.35. The smallest absolute Gasteiger partial charge is 0.243 e. The van der Waals surface area contributed by atoms with Crippen molar-refractivity contribution in [1.82, 2.24) is 14.5 Å². The van der Waals surface area contributed by atoms with E-state index in [1.807, 2.05) is 12.1 Å². The van der Waals surface area contributed by atoms with E-state index < -0.39 is 10.0 Å². The van der Waals surface area contributed by atoms with Crippen molar-refractivity contribution in [1.29, 1.82) is 0 Å². The number of fused-ring (bicyclic) bond motifs is 1. The lowest BCUT2D eigenvalue weighted by atomic mass is 9.92. The summed E-state index contributed by atoms with van der Waals surface area (Å²) in [5.74, 6) is 0. The van der Waals surface area contributed by atoms with Crippen LogP contribution < -0.4 is 5.32 Å². The molecule has 2 aliphatic heterocycles. The summed E-state index contributed by atoms with van der Waals surface area (Å²) in [6.07, 6.45) is 6.80. The van der Waals surface area contributed by atoms with Crippen LogP contribution in [0, 0.1) is 0 Å². The molecule has 0 unspecified atom stereocenters. The first-order valence-corrected chi connectivity index (χ1v) is 12.2. The largest absolute Gasteiger partial charge is 0.376 e. The van der Waals surface area contributed by atoms with Crippen LogP contribution >= 0.6 is 12.2 Å². The Labute approximate surface area is 173 Å². The molecule has 0 aromatic heterocycles. The third-order valence-electron chi connectivity index (χ3n) is 5.99. The molecule has 0 spiro atoms. The first-order valence-electron chi connectivity index (χ1n) is 10.3. The molecule has 8 heteroatoms. The van der Waals surface area contributed by atoms with Crippen LogP contribution in [0.5, 0.6) is 0 Å². The van der Waals surface area contributed by atoms with Crippen LogP contribution in [-0.2, 0) is 27.6 Å². The molecule has 0 bridgehead atoms. The Morgan fingerprint density at radius 1 is 1.11 bits per heavy atom. The number of nitrogens with one attached hydrogen (secondary N) is 1. The molecular weight excluding hydrogens is 394 g/mol. The second-order valence-corrected chi connectivity index (χ2v) is 10.2. The number of rotatable bonds is 4. The molecule has 0 saturated carbocycles. The molecule has 6 nitrogen and oxygen atoms in total. The van der Waals surface area contributed by atoms with Crippen molar-refractivity contribution < 1.29 is 13.2 Å². The highest BCUT2D eigenvalue weighted by Gasteiger charge is 2.30. The van der Waals surface area contributed by atoms with Crippen molar-refractivity contribution in [2.24, 2.45) is 0 Å². The van der Waals surface area contributed by atoms with Crippen LogP contribution in [-0.4, -0.2) is 68.2 Å². The van der Waals surface area contributed by atoms with Gasteiger partial charge in [0.2, 0.25) is 10.0 Å². The number of ether oxygens (including phenoxy) is 1. The Kier molecular flexibility index (Phi) is 6.20. The van der Waals surface area contributed by atoms with E-state index in [-0.39, 0.29) is 6.10 Å². The van der Waals surface area contributed by atoms with Gasteiger partial charge in [-0.3, -0.25) is 0 Å². The van der Waals surface area contributed by atoms with Gasteiger partial charge in [-0.05, 0) is 74.0 Å². The fourth-order valence-corrected chi connectivity index (χ4v) is 6.01. The average Bonchev–Trinajstić information content (AvgIpc) is 3.25. The number of sulfonamides is 1. The van der Waals surface area contributed by atoms with E-state index >= 15 is 0 Å². The quantitative estimate of drug-likeness (QED) is 0.747. The zero-order valence-corrected chi connectivity index (χ0v) is 17.9. The van der Waals surface area contributed by atoms with Gasteiger partial charge in [0.15, 0.2) is 5.11 Å². The molecule has 154 valence electrons. The van der Waals surface area contributed by atoms with Gasteiger partial charge in [0.05, 0.1) is 11.0 Å². The average molecular weight is 424 g/mol.